The quantitative estimate of drug-likeness (QED) is 0.373. The number of ketones is 1. The van der Waals surface area contributed by atoms with E-state index in [-0.39, 0.29) is 17.0 Å². The maximum Gasteiger partial charge on any atom is 0.338 e. The molecule has 0 saturated heterocycles. The predicted molar refractivity (Wildman–Crippen MR) is 88.5 cm³/mol. The molecule has 0 radical (unpaired) electrons. The first-order chi connectivity index (χ1) is 11.9. The van der Waals surface area contributed by atoms with Crippen molar-refractivity contribution < 1.29 is 24.0 Å². The Kier molecular flexibility index (Phi) is 5.57. The SMILES string of the molecule is CC(=O)c1cccc(NC(=O)COC(=O)c2cccc([N+](=O)[O-])c2)c1. The fourth-order valence-corrected chi connectivity index (χ4v) is 1.97. The Balaban J connectivity index is 1.94. The normalized spacial score (nSPS) is 9.96. The summed E-state index contributed by atoms with van der Waals surface area (Å²) >= 11 is 0. The predicted octanol–water partition coefficient (Wildman–Crippen LogP) is 2.59. The number of ether oxygens (including phenoxy) is 1. The Bertz CT molecular complexity index is 847. The number of Topliss-reactive ketones (excluding diaryl/α,β-unsaturated/α-hetero) is 1. The van der Waals surface area contributed by atoms with Crippen LogP contribution < -0.4 is 5.32 Å². The van der Waals surface area contributed by atoms with Crippen molar-refractivity contribution in [1.82, 2.24) is 0 Å². The van der Waals surface area contributed by atoms with E-state index in [4.69, 9.17) is 4.74 Å². The van der Waals surface area contributed by atoms with Crippen LogP contribution in [0.1, 0.15) is 27.6 Å². The van der Waals surface area contributed by atoms with Crippen LogP contribution in [0, 0.1) is 10.1 Å². The molecule has 0 atom stereocenters. The summed E-state index contributed by atoms with van der Waals surface area (Å²) in [4.78, 5) is 45.0. The molecule has 0 aliphatic carbocycles. The van der Waals surface area contributed by atoms with E-state index in [0.717, 1.165) is 6.07 Å². The van der Waals surface area contributed by atoms with Gasteiger partial charge in [0.15, 0.2) is 12.4 Å². The molecular weight excluding hydrogens is 328 g/mol. The van der Waals surface area contributed by atoms with Crippen molar-refractivity contribution >= 4 is 29.0 Å². The van der Waals surface area contributed by atoms with Crippen LogP contribution in [0.5, 0.6) is 0 Å². The molecule has 0 aliphatic rings. The van der Waals surface area contributed by atoms with Crippen LogP contribution in [-0.2, 0) is 9.53 Å². The molecule has 0 aliphatic heterocycles. The van der Waals surface area contributed by atoms with E-state index in [1.165, 1.54) is 31.2 Å². The number of nitro benzene ring substituents is 1. The molecular formula is C17H14N2O6. The average molecular weight is 342 g/mol. The molecule has 0 unspecified atom stereocenters. The van der Waals surface area contributed by atoms with Gasteiger partial charge < -0.3 is 10.1 Å². The summed E-state index contributed by atoms with van der Waals surface area (Å²) in [6.07, 6.45) is 0. The number of carbonyl (C=O) groups is 3. The summed E-state index contributed by atoms with van der Waals surface area (Å²) in [5, 5.41) is 13.2. The minimum atomic E-state index is -0.851. The Labute approximate surface area is 142 Å². The second-order valence-corrected chi connectivity index (χ2v) is 5.07. The van der Waals surface area contributed by atoms with Crippen molar-refractivity contribution in [1.29, 1.82) is 0 Å². The number of carbonyl (C=O) groups excluding carboxylic acids is 3. The molecule has 8 nitrogen and oxygen atoms in total. The number of nitrogens with one attached hydrogen (secondary N) is 1. The Morgan fingerprint density at radius 2 is 1.76 bits per heavy atom. The van der Waals surface area contributed by atoms with E-state index in [1.54, 1.807) is 18.2 Å². The number of hydrogen-bond acceptors (Lipinski definition) is 6. The summed E-state index contributed by atoms with van der Waals surface area (Å²) in [5.41, 5.74) is 0.552. The largest absolute Gasteiger partial charge is 0.452 e. The Morgan fingerprint density at radius 1 is 1.08 bits per heavy atom. The second-order valence-electron chi connectivity index (χ2n) is 5.07. The fourth-order valence-electron chi connectivity index (χ4n) is 1.97. The molecule has 0 fully saturated rings. The zero-order valence-electron chi connectivity index (χ0n) is 13.2. The van der Waals surface area contributed by atoms with Crippen molar-refractivity contribution in [2.24, 2.45) is 0 Å². The van der Waals surface area contributed by atoms with Crippen LogP contribution >= 0.6 is 0 Å². The lowest BCUT2D eigenvalue weighted by molar-refractivity contribution is -0.384. The van der Waals surface area contributed by atoms with Crippen molar-refractivity contribution in [3.8, 4) is 0 Å². The first-order valence-electron chi connectivity index (χ1n) is 7.19. The van der Waals surface area contributed by atoms with Gasteiger partial charge in [-0.3, -0.25) is 19.7 Å². The molecule has 0 spiro atoms. The van der Waals surface area contributed by atoms with Gasteiger partial charge in [0, 0.05) is 23.4 Å². The lowest BCUT2D eigenvalue weighted by Gasteiger charge is -2.07. The van der Waals surface area contributed by atoms with E-state index in [9.17, 15) is 24.5 Å². The number of anilines is 1. The van der Waals surface area contributed by atoms with Gasteiger partial charge in [0.2, 0.25) is 0 Å². The zero-order chi connectivity index (χ0) is 18.4. The minimum Gasteiger partial charge on any atom is -0.452 e. The number of benzene rings is 2. The van der Waals surface area contributed by atoms with Gasteiger partial charge in [0.25, 0.3) is 11.6 Å². The number of rotatable bonds is 6. The second kappa shape index (κ2) is 7.82. The number of esters is 1. The third-order valence-corrected chi connectivity index (χ3v) is 3.18. The van der Waals surface area contributed by atoms with E-state index in [1.807, 2.05) is 0 Å². The average Bonchev–Trinajstić information content (AvgIpc) is 2.60. The van der Waals surface area contributed by atoms with E-state index in [0.29, 0.717) is 11.3 Å². The molecule has 2 aromatic rings. The van der Waals surface area contributed by atoms with Gasteiger partial charge in [-0.2, -0.15) is 0 Å². The molecule has 0 saturated carbocycles. The molecule has 0 aromatic heterocycles. The smallest absolute Gasteiger partial charge is 0.338 e. The van der Waals surface area contributed by atoms with Crippen molar-refractivity contribution in [2.45, 2.75) is 6.92 Å². The van der Waals surface area contributed by atoms with Gasteiger partial charge in [-0.25, -0.2) is 4.79 Å². The number of hydrogen-bond donors (Lipinski definition) is 1. The standard InChI is InChI=1S/C17H14N2O6/c1-11(20)12-4-2-6-14(8-12)18-16(21)10-25-17(22)13-5-3-7-15(9-13)19(23)24/h2-9H,10H2,1H3,(H,18,21). The first kappa shape index (κ1) is 17.8. The number of nitro groups is 1. The molecule has 0 bridgehead atoms. The summed E-state index contributed by atoms with van der Waals surface area (Å²) in [7, 11) is 0. The molecule has 128 valence electrons. The maximum atomic E-state index is 11.9. The van der Waals surface area contributed by atoms with E-state index >= 15 is 0 Å². The summed E-state index contributed by atoms with van der Waals surface area (Å²) in [6.45, 7) is 0.841. The van der Waals surface area contributed by atoms with E-state index < -0.39 is 23.4 Å². The highest BCUT2D eigenvalue weighted by atomic mass is 16.6. The fraction of sp³-hybridized carbons (Fsp3) is 0.118. The highest BCUT2D eigenvalue weighted by molar-refractivity contribution is 5.98. The van der Waals surface area contributed by atoms with Crippen LogP contribution in [0.2, 0.25) is 0 Å². The van der Waals surface area contributed by atoms with Crippen LogP contribution in [0.3, 0.4) is 0 Å². The number of non-ortho nitro benzene ring substituents is 1. The van der Waals surface area contributed by atoms with Crippen LogP contribution in [0.4, 0.5) is 11.4 Å². The molecule has 1 N–H and O–H groups in total. The zero-order valence-corrected chi connectivity index (χ0v) is 13.2. The van der Waals surface area contributed by atoms with Gasteiger partial charge in [-0.1, -0.05) is 18.2 Å². The topological polar surface area (TPSA) is 116 Å². The number of nitrogens with zero attached hydrogens (tertiary/aromatic N) is 1. The molecule has 0 heterocycles. The van der Waals surface area contributed by atoms with Gasteiger partial charge >= 0.3 is 5.97 Å². The molecule has 2 aromatic carbocycles. The van der Waals surface area contributed by atoms with E-state index in [2.05, 4.69) is 5.32 Å². The van der Waals surface area contributed by atoms with Crippen LogP contribution in [0.25, 0.3) is 0 Å². The molecule has 25 heavy (non-hydrogen) atoms. The minimum absolute atomic E-state index is 0.0272. The molecule has 2 rings (SSSR count). The summed E-state index contributed by atoms with van der Waals surface area (Å²) in [5.74, 6) is -1.59. The number of amides is 1. The third kappa shape index (κ3) is 4.96. The van der Waals surface area contributed by atoms with Gasteiger partial charge in [0.1, 0.15) is 0 Å². The maximum absolute atomic E-state index is 11.9. The van der Waals surface area contributed by atoms with Crippen molar-refractivity contribution in [3.63, 3.8) is 0 Å². The van der Waals surface area contributed by atoms with Gasteiger partial charge in [-0.15, -0.1) is 0 Å². The molecule has 8 heteroatoms. The van der Waals surface area contributed by atoms with Crippen molar-refractivity contribution in [2.75, 3.05) is 11.9 Å². The Morgan fingerprint density at radius 3 is 2.44 bits per heavy atom. The van der Waals surface area contributed by atoms with Gasteiger partial charge in [0.05, 0.1) is 10.5 Å². The lowest BCUT2D eigenvalue weighted by Crippen LogP contribution is -2.21. The van der Waals surface area contributed by atoms with Crippen molar-refractivity contribution in [3.05, 3.63) is 69.8 Å². The highest BCUT2D eigenvalue weighted by Gasteiger charge is 2.14. The summed E-state index contributed by atoms with van der Waals surface area (Å²) in [6, 6.07) is 11.3. The Hall–Kier alpha value is -3.55. The highest BCUT2D eigenvalue weighted by Crippen LogP contribution is 2.14. The van der Waals surface area contributed by atoms with Gasteiger partial charge in [-0.05, 0) is 25.1 Å². The summed E-state index contributed by atoms with van der Waals surface area (Å²) < 4.78 is 4.83. The lowest BCUT2D eigenvalue weighted by atomic mass is 10.1. The van der Waals surface area contributed by atoms with Crippen LogP contribution in [0.15, 0.2) is 48.5 Å². The van der Waals surface area contributed by atoms with Crippen LogP contribution in [-0.4, -0.2) is 29.2 Å². The monoisotopic (exact) mass is 342 g/mol. The first-order valence-corrected chi connectivity index (χ1v) is 7.19. The molecule has 1 amide bonds. The third-order valence-electron chi connectivity index (χ3n) is 3.18.